The van der Waals surface area contributed by atoms with E-state index >= 15 is 0 Å². The summed E-state index contributed by atoms with van der Waals surface area (Å²) < 4.78 is 6.77. The predicted octanol–water partition coefficient (Wildman–Crippen LogP) is 4.63. The Morgan fingerprint density at radius 3 is 2.56 bits per heavy atom. The van der Waals surface area contributed by atoms with Gasteiger partial charge in [-0.05, 0) is 60.6 Å². The lowest BCUT2D eigenvalue weighted by Crippen LogP contribution is -2.44. The summed E-state index contributed by atoms with van der Waals surface area (Å²) in [6.07, 6.45) is 5.27. The average molecular weight is 613 g/mol. The van der Waals surface area contributed by atoms with Gasteiger partial charge in [-0.3, -0.25) is 14.4 Å². The molecule has 3 amide bonds. The largest absolute Gasteiger partial charge is 0.445 e. The molecule has 4 rings (SSSR count). The number of likely N-dealkylation sites (N-methyl/N-ethyl adjacent to an activating group) is 1. The highest BCUT2D eigenvalue weighted by molar-refractivity contribution is 5.96. The van der Waals surface area contributed by atoms with Crippen LogP contribution < -0.4 is 16.2 Å². The fourth-order valence-corrected chi connectivity index (χ4v) is 4.73. The molecule has 0 radical (unpaired) electrons. The lowest BCUT2D eigenvalue weighted by Gasteiger charge is -2.18. The topological polar surface area (TPSA) is 138 Å². The van der Waals surface area contributed by atoms with Gasteiger partial charge in [0.15, 0.2) is 0 Å². The Morgan fingerprint density at radius 2 is 1.82 bits per heavy atom. The number of rotatable bonds is 13. The summed E-state index contributed by atoms with van der Waals surface area (Å²) in [5.41, 5.74) is 3.35. The molecule has 0 fully saturated rings. The van der Waals surface area contributed by atoms with E-state index in [9.17, 15) is 19.2 Å². The van der Waals surface area contributed by atoms with Gasteiger partial charge in [0.25, 0.3) is 5.56 Å². The quantitative estimate of drug-likeness (QED) is 0.188. The highest BCUT2D eigenvalue weighted by Crippen LogP contribution is 2.20. The minimum atomic E-state index is -1.03. The monoisotopic (exact) mass is 612 g/mol. The number of fused-ring (bicyclic) bond motifs is 1. The molecule has 2 heterocycles. The number of imidazole rings is 1. The number of para-hydroxylation sites is 1. The molecule has 0 saturated carbocycles. The van der Waals surface area contributed by atoms with Crippen LogP contribution in [0.3, 0.4) is 0 Å². The zero-order valence-corrected chi connectivity index (χ0v) is 26.1. The van der Waals surface area contributed by atoms with Crippen LogP contribution >= 0.6 is 0 Å². The lowest BCUT2D eigenvalue weighted by molar-refractivity contribution is -0.123. The molecule has 236 valence electrons. The number of aromatic nitrogens is 3. The van der Waals surface area contributed by atoms with Gasteiger partial charge in [0.2, 0.25) is 11.8 Å². The lowest BCUT2D eigenvalue weighted by atomic mass is 10.0. The maximum absolute atomic E-state index is 13.4. The van der Waals surface area contributed by atoms with Crippen LogP contribution in [-0.2, 0) is 33.9 Å². The highest BCUT2D eigenvalue weighted by atomic mass is 16.5. The van der Waals surface area contributed by atoms with Crippen molar-refractivity contribution in [3.05, 3.63) is 106 Å². The first-order valence-electron chi connectivity index (χ1n) is 14.9. The van der Waals surface area contributed by atoms with Crippen molar-refractivity contribution in [2.75, 3.05) is 19.4 Å². The molecule has 0 saturated heterocycles. The first-order valence-corrected chi connectivity index (χ1v) is 14.9. The van der Waals surface area contributed by atoms with E-state index < -0.39 is 23.6 Å². The van der Waals surface area contributed by atoms with Gasteiger partial charge in [-0.2, -0.15) is 0 Å². The molecular formula is C34H40N6O5. The Hall–Kier alpha value is -5.19. The number of hydrogen-bond donors (Lipinski definition) is 3. The van der Waals surface area contributed by atoms with Crippen LogP contribution in [0, 0.1) is 5.92 Å². The second-order valence-corrected chi connectivity index (χ2v) is 11.4. The number of carbonyl (C=O) groups excluding carboxylic acids is 3. The number of pyridine rings is 1. The Labute approximate surface area is 262 Å². The average Bonchev–Trinajstić information content (AvgIpc) is 3.43. The molecule has 11 nitrogen and oxygen atoms in total. The molecule has 0 bridgehead atoms. The van der Waals surface area contributed by atoms with Gasteiger partial charge in [0.05, 0.1) is 17.6 Å². The summed E-state index contributed by atoms with van der Waals surface area (Å²) in [5, 5.41) is 5.27. The second kappa shape index (κ2) is 15.5. The minimum Gasteiger partial charge on any atom is -0.445 e. The molecule has 0 aliphatic rings. The smallest absolute Gasteiger partial charge is 0.408 e. The third-order valence-electron chi connectivity index (χ3n) is 7.02. The van der Waals surface area contributed by atoms with Crippen LogP contribution in [0.15, 0.2) is 83.8 Å². The van der Waals surface area contributed by atoms with E-state index in [1.54, 1.807) is 32.4 Å². The summed E-state index contributed by atoms with van der Waals surface area (Å²) in [6.45, 7) is 4.52. The molecule has 0 spiro atoms. The third kappa shape index (κ3) is 9.40. The number of nitrogens with one attached hydrogen (secondary N) is 3. The van der Waals surface area contributed by atoms with Gasteiger partial charge >= 0.3 is 6.09 Å². The van der Waals surface area contributed by atoms with Gasteiger partial charge in [0, 0.05) is 20.3 Å². The first-order chi connectivity index (χ1) is 21.6. The van der Waals surface area contributed by atoms with E-state index in [1.807, 2.05) is 42.5 Å². The van der Waals surface area contributed by atoms with Crippen LogP contribution in [0.25, 0.3) is 11.0 Å². The van der Waals surface area contributed by atoms with E-state index in [4.69, 9.17) is 9.72 Å². The van der Waals surface area contributed by atoms with Crippen molar-refractivity contribution in [3.63, 3.8) is 0 Å². The number of benzene rings is 2. The minimum absolute atomic E-state index is 0.0302. The normalized spacial score (nSPS) is 11.9. The number of nitrogens with zero attached hydrogens (tertiary/aromatic N) is 3. The van der Waals surface area contributed by atoms with Gasteiger partial charge in [0.1, 0.15) is 24.2 Å². The number of carbonyl (C=O) groups is 3. The van der Waals surface area contributed by atoms with Crippen LogP contribution in [0.1, 0.15) is 43.6 Å². The molecule has 4 aromatic rings. The maximum Gasteiger partial charge on any atom is 0.408 e. The Bertz CT molecular complexity index is 1710. The second-order valence-electron chi connectivity index (χ2n) is 11.4. The molecule has 2 aromatic heterocycles. The fraction of sp³-hybridized carbons (Fsp3) is 0.324. The zero-order chi connectivity index (χ0) is 32.3. The molecule has 1 atom stereocenters. The Kier molecular flexibility index (Phi) is 11.3. The third-order valence-corrected chi connectivity index (χ3v) is 7.02. The number of ether oxygens (including phenoxy) is 1. The Morgan fingerprint density at radius 1 is 1.04 bits per heavy atom. The van der Waals surface area contributed by atoms with Crippen molar-refractivity contribution < 1.29 is 19.1 Å². The molecule has 3 N–H and O–H groups in total. The predicted molar refractivity (Wildman–Crippen MR) is 174 cm³/mol. The maximum atomic E-state index is 13.4. The number of H-pyrrole nitrogens is 1. The van der Waals surface area contributed by atoms with Crippen molar-refractivity contribution in [1.29, 1.82) is 0 Å². The summed E-state index contributed by atoms with van der Waals surface area (Å²) in [7, 11) is 3.27. The number of aromatic amines is 1. The SMILES string of the molecule is CC(C)Cc1cccc2[nH]c(Cn3cccc(NC(=O)[C@H](CC/C=C/C(=O)N(C)C)NC(=O)OCc4ccccc4)c3=O)nc12. The van der Waals surface area contributed by atoms with Crippen molar-refractivity contribution >= 4 is 34.6 Å². The number of amides is 3. The standard InChI is InChI=1S/C34H40N6O5/c1-23(2)20-25-14-10-16-26-31(25)38-29(35-26)21-40-19-11-17-28(33(40)43)36-32(42)27(15-8-9-18-30(41)39(3)4)37-34(44)45-22-24-12-6-5-7-13-24/h5-7,9-14,16-19,23,27H,8,15,20-22H2,1-4H3,(H,35,38)(H,36,42)(H,37,44)/b18-9+/t27-/m0/s1. The molecule has 2 aromatic carbocycles. The zero-order valence-electron chi connectivity index (χ0n) is 26.1. The number of anilines is 1. The van der Waals surface area contributed by atoms with E-state index in [1.165, 1.54) is 21.6 Å². The molecule has 0 unspecified atom stereocenters. The molecule has 45 heavy (non-hydrogen) atoms. The van der Waals surface area contributed by atoms with Gasteiger partial charge in [-0.1, -0.05) is 62.4 Å². The fourth-order valence-electron chi connectivity index (χ4n) is 4.73. The number of allylic oxidation sites excluding steroid dienone is 1. The van der Waals surface area contributed by atoms with Crippen molar-refractivity contribution in [3.8, 4) is 0 Å². The van der Waals surface area contributed by atoms with Crippen LogP contribution in [0.2, 0.25) is 0 Å². The van der Waals surface area contributed by atoms with Gasteiger partial charge in [-0.15, -0.1) is 0 Å². The van der Waals surface area contributed by atoms with E-state index in [0.29, 0.717) is 18.2 Å². The highest BCUT2D eigenvalue weighted by Gasteiger charge is 2.22. The van der Waals surface area contributed by atoms with E-state index in [2.05, 4.69) is 35.5 Å². The molecule has 0 aliphatic heterocycles. The molecule has 11 heteroatoms. The molecule has 0 aliphatic carbocycles. The summed E-state index contributed by atoms with van der Waals surface area (Å²) in [4.78, 5) is 60.8. The van der Waals surface area contributed by atoms with Gasteiger partial charge in [-0.25, -0.2) is 9.78 Å². The van der Waals surface area contributed by atoms with Crippen molar-refractivity contribution in [2.45, 2.75) is 52.3 Å². The summed E-state index contributed by atoms with van der Waals surface area (Å²) >= 11 is 0. The number of alkyl carbamates (subject to hydrolysis) is 1. The summed E-state index contributed by atoms with van der Waals surface area (Å²) in [6, 6.07) is 17.3. The van der Waals surface area contributed by atoms with Crippen molar-refractivity contribution in [2.24, 2.45) is 5.92 Å². The van der Waals surface area contributed by atoms with Crippen molar-refractivity contribution in [1.82, 2.24) is 24.8 Å². The first kappa shape index (κ1) is 32.7. The van der Waals surface area contributed by atoms with Crippen LogP contribution in [-0.4, -0.2) is 57.5 Å². The van der Waals surface area contributed by atoms with Crippen LogP contribution in [0.4, 0.5) is 10.5 Å². The Balaban J connectivity index is 1.47. The van der Waals surface area contributed by atoms with E-state index in [-0.39, 0.29) is 31.2 Å². The number of hydrogen-bond acceptors (Lipinski definition) is 6. The van der Waals surface area contributed by atoms with Crippen LogP contribution in [0.5, 0.6) is 0 Å². The van der Waals surface area contributed by atoms with E-state index in [0.717, 1.165) is 28.6 Å². The van der Waals surface area contributed by atoms with Gasteiger partial charge < -0.3 is 29.8 Å². The summed E-state index contributed by atoms with van der Waals surface area (Å²) in [5.74, 6) is 0.304. The molecular weight excluding hydrogens is 572 g/mol.